The number of halogens is 2. The third kappa shape index (κ3) is 4.41. The van der Waals surface area contributed by atoms with Gasteiger partial charge in [0.25, 0.3) is 0 Å². The number of hydrogen-bond donors (Lipinski definition) is 2. The number of hydrazine groups is 1. The van der Waals surface area contributed by atoms with Crippen LogP contribution in [0.15, 0.2) is 18.2 Å². The molecule has 3 N–H and O–H groups in total. The van der Waals surface area contributed by atoms with Crippen molar-refractivity contribution in [2.24, 2.45) is 23.6 Å². The van der Waals surface area contributed by atoms with Crippen molar-refractivity contribution in [2.45, 2.75) is 52.0 Å². The summed E-state index contributed by atoms with van der Waals surface area (Å²) in [4.78, 5) is 0. The molecule has 4 heteroatoms. The van der Waals surface area contributed by atoms with Crippen molar-refractivity contribution in [3.05, 3.63) is 34.6 Å². The summed E-state index contributed by atoms with van der Waals surface area (Å²) in [6, 6.07) is 5.01. The number of nitrogens with one attached hydrogen (secondary N) is 1. The van der Waals surface area contributed by atoms with Gasteiger partial charge in [0.2, 0.25) is 0 Å². The van der Waals surface area contributed by atoms with E-state index in [-0.39, 0.29) is 11.9 Å². The van der Waals surface area contributed by atoms with Gasteiger partial charge < -0.3 is 0 Å². The summed E-state index contributed by atoms with van der Waals surface area (Å²) in [6.07, 6.45) is 5.48. The smallest absolute Gasteiger partial charge is 0.127 e. The molecule has 0 spiro atoms. The molecular weight excluding hydrogens is 287 g/mol. The first-order valence-corrected chi connectivity index (χ1v) is 8.29. The van der Waals surface area contributed by atoms with Crippen LogP contribution < -0.4 is 11.3 Å². The zero-order chi connectivity index (χ0) is 15.4. The normalized spacial score (nSPS) is 24.3. The van der Waals surface area contributed by atoms with E-state index in [4.69, 9.17) is 17.4 Å². The predicted molar refractivity (Wildman–Crippen MR) is 86.5 cm³/mol. The molecule has 2 nitrogen and oxygen atoms in total. The highest BCUT2D eigenvalue weighted by molar-refractivity contribution is 6.30. The van der Waals surface area contributed by atoms with Gasteiger partial charge in [0, 0.05) is 11.1 Å². The van der Waals surface area contributed by atoms with E-state index in [1.54, 1.807) is 12.1 Å². The lowest BCUT2D eigenvalue weighted by Gasteiger charge is -2.35. The maximum absolute atomic E-state index is 13.9. The minimum Gasteiger partial charge on any atom is -0.271 e. The molecule has 118 valence electrons. The summed E-state index contributed by atoms with van der Waals surface area (Å²) in [5.41, 5.74) is 3.59. The monoisotopic (exact) mass is 312 g/mol. The van der Waals surface area contributed by atoms with Crippen molar-refractivity contribution in [1.82, 2.24) is 5.43 Å². The third-order valence-corrected chi connectivity index (χ3v) is 5.23. The first kappa shape index (κ1) is 16.7. The van der Waals surface area contributed by atoms with Gasteiger partial charge >= 0.3 is 0 Å². The number of rotatable bonds is 5. The van der Waals surface area contributed by atoms with Gasteiger partial charge in [-0.25, -0.2) is 4.39 Å². The highest BCUT2D eigenvalue weighted by Gasteiger charge is 2.28. The summed E-state index contributed by atoms with van der Waals surface area (Å²) >= 11 is 5.80. The third-order valence-electron chi connectivity index (χ3n) is 5.00. The van der Waals surface area contributed by atoms with E-state index in [1.807, 2.05) is 0 Å². The SMILES string of the molecule is CC(C)C1CCC(C(Cc2ccc(Cl)cc2F)NN)CC1. The Morgan fingerprint density at radius 3 is 2.38 bits per heavy atom. The second-order valence-electron chi connectivity index (χ2n) is 6.63. The Balaban J connectivity index is 1.97. The van der Waals surface area contributed by atoms with E-state index in [2.05, 4.69) is 19.3 Å². The van der Waals surface area contributed by atoms with Crippen LogP contribution in [0.4, 0.5) is 4.39 Å². The maximum Gasteiger partial charge on any atom is 0.127 e. The van der Waals surface area contributed by atoms with Crippen LogP contribution in [0.5, 0.6) is 0 Å². The highest BCUT2D eigenvalue weighted by Crippen LogP contribution is 2.35. The fourth-order valence-electron chi connectivity index (χ4n) is 3.50. The average Bonchev–Trinajstić information content (AvgIpc) is 2.47. The summed E-state index contributed by atoms with van der Waals surface area (Å²) in [5, 5.41) is 0.436. The largest absolute Gasteiger partial charge is 0.271 e. The molecule has 0 radical (unpaired) electrons. The van der Waals surface area contributed by atoms with Crippen molar-refractivity contribution in [3.63, 3.8) is 0 Å². The van der Waals surface area contributed by atoms with Gasteiger partial charge in [0.15, 0.2) is 0 Å². The first-order chi connectivity index (χ1) is 10.0. The molecule has 0 heterocycles. The molecule has 1 aliphatic carbocycles. The Hall–Kier alpha value is -0.640. The lowest BCUT2D eigenvalue weighted by molar-refractivity contribution is 0.187. The molecule has 1 aliphatic rings. The molecule has 1 fully saturated rings. The molecule has 0 aliphatic heterocycles. The van der Waals surface area contributed by atoms with Crippen LogP contribution in [0.25, 0.3) is 0 Å². The van der Waals surface area contributed by atoms with E-state index in [0.717, 1.165) is 11.8 Å². The maximum atomic E-state index is 13.9. The molecule has 1 unspecified atom stereocenters. The van der Waals surface area contributed by atoms with Gasteiger partial charge in [-0.1, -0.05) is 31.5 Å². The lowest BCUT2D eigenvalue weighted by atomic mass is 9.74. The molecule has 1 atom stereocenters. The van der Waals surface area contributed by atoms with Crippen LogP contribution >= 0.6 is 11.6 Å². The van der Waals surface area contributed by atoms with Crippen LogP contribution in [0.1, 0.15) is 45.1 Å². The van der Waals surface area contributed by atoms with Gasteiger partial charge in [-0.3, -0.25) is 11.3 Å². The minimum absolute atomic E-state index is 0.133. The summed E-state index contributed by atoms with van der Waals surface area (Å²) in [6.45, 7) is 4.60. The van der Waals surface area contributed by atoms with Gasteiger partial charge in [-0.2, -0.15) is 0 Å². The lowest BCUT2D eigenvalue weighted by Crippen LogP contribution is -2.44. The quantitative estimate of drug-likeness (QED) is 0.628. The molecule has 0 saturated heterocycles. The van der Waals surface area contributed by atoms with Crippen LogP contribution in [0.2, 0.25) is 5.02 Å². The molecule has 0 aromatic heterocycles. The number of hydrogen-bond acceptors (Lipinski definition) is 2. The minimum atomic E-state index is -0.237. The summed E-state index contributed by atoms with van der Waals surface area (Å²) in [5.74, 6) is 7.60. The Morgan fingerprint density at radius 2 is 1.86 bits per heavy atom. The number of benzene rings is 1. The Labute approximate surface area is 132 Å². The van der Waals surface area contributed by atoms with Crippen molar-refractivity contribution in [1.29, 1.82) is 0 Å². The fraction of sp³-hybridized carbons (Fsp3) is 0.647. The molecule has 0 amide bonds. The van der Waals surface area contributed by atoms with Crippen molar-refractivity contribution < 1.29 is 4.39 Å². The average molecular weight is 313 g/mol. The predicted octanol–water partition coefficient (Wildman–Crippen LogP) is 4.32. The van der Waals surface area contributed by atoms with Crippen LogP contribution in [0.3, 0.4) is 0 Å². The Morgan fingerprint density at radius 1 is 1.24 bits per heavy atom. The van der Waals surface area contributed by atoms with Gasteiger partial charge in [0.05, 0.1) is 0 Å². The van der Waals surface area contributed by atoms with Crippen LogP contribution in [-0.2, 0) is 6.42 Å². The van der Waals surface area contributed by atoms with Crippen LogP contribution in [0, 0.1) is 23.6 Å². The van der Waals surface area contributed by atoms with Crippen LogP contribution in [-0.4, -0.2) is 6.04 Å². The van der Waals surface area contributed by atoms with E-state index in [9.17, 15) is 4.39 Å². The molecular formula is C17H26ClFN2. The van der Waals surface area contributed by atoms with Crippen molar-refractivity contribution >= 4 is 11.6 Å². The molecule has 0 bridgehead atoms. The second kappa shape index (κ2) is 7.57. The van der Waals surface area contributed by atoms with Gasteiger partial charge in [0.1, 0.15) is 5.82 Å². The summed E-state index contributed by atoms with van der Waals surface area (Å²) in [7, 11) is 0. The van der Waals surface area contributed by atoms with E-state index in [0.29, 0.717) is 22.9 Å². The van der Waals surface area contributed by atoms with Crippen molar-refractivity contribution in [2.75, 3.05) is 0 Å². The Kier molecular flexibility index (Phi) is 6.03. The molecule has 1 aromatic rings. The highest BCUT2D eigenvalue weighted by atomic mass is 35.5. The standard InChI is InChI=1S/C17H26ClFN2/c1-11(2)12-3-5-13(6-4-12)17(21-20)9-14-7-8-15(18)10-16(14)19/h7-8,10-13,17,21H,3-6,9,20H2,1-2H3. The molecule has 21 heavy (non-hydrogen) atoms. The molecule has 1 saturated carbocycles. The van der Waals surface area contributed by atoms with Gasteiger partial charge in [-0.05, 0) is 67.6 Å². The Bertz CT molecular complexity index is 456. The second-order valence-corrected chi connectivity index (χ2v) is 7.07. The fourth-order valence-corrected chi connectivity index (χ4v) is 3.66. The van der Waals surface area contributed by atoms with E-state index < -0.39 is 0 Å². The number of nitrogens with two attached hydrogens (primary N) is 1. The van der Waals surface area contributed by atoms with Gasteiger partial charge in [-0.15, -0.1) is 0 Å². The topological polar surface area (TPSA) is 38.0 Å². The zero-order valence-electron chi connectivity index (χ0n) is 12.9. The summed E-state index contributed by atoms with van der Waals surface area (Å²) < 4.78 is 13.9. The van der Waals surface area contributed by atoms with E-state index >= 15 is 0 Å². The molecule has 2 rings (SSSR count). The first-order valence-electron chi connectivity index (χ1n) is 7.91. The zero-order valence-corrected chi connectivity index (χ0v) is 13.7. The van der Waals surface area contributed by atoms with E-state index in [1.165, 1.54) is 31.7 Å². The van der Waals surface area contributed by atoms with Crippen molar-refractivity contribution in [3.8, 4) is 0 Å². The molecule has 1 aromatic carbocycles.